The highest BCUT2D eigenvalue weighted by atomic mass is 15.2. The van der Waals surface area contributed by atoms with E-state index in [1.54, 1.807) is 0 Å². The van der Waals surface area contributed by atoms with E-state index in [1.165, 1.54) is 25.9 Å². The van der Waals surface area contributed by atoms with E-state index in [0.29, 0.717) is 6.04 Å². The third-order valence-electron chi connectivity index (χ3n) is 2.68. The van der Waals surface area contributed by atoms with Gasteiger partial charge in [0, 0.05) is 12.5 Å². The van der Waals surface area contributed by atoms with Gasteiger partial charge in [0.15, 0.2) is 0 Å². The molecule has 1 unspecified atom stereocenters. The molecule has 0 spiro atoms. The number of amidine groups is 1. The van der Waals surface area contributed by atoms with Gasteiger partial charge in [-0.3, -0.25) is 9.89 Å². The minimum atomic E-state index is 0.563. The van der Waals surface area contributed by atoms with Gasteiger partial charge in [-0.25, -0.2) is 0 Å². The fraction of sp³-hybridized carbons (Fsp3) is 0.900. The topological polar surface area (TPSA) is 41.6 Å². The summed E-state index contributed by atoms with van der Waals surface area (Å²) in [6.45, 7) is 7.61. The van der Waals surface area contributed by atoms with Crippen molar-refractivity contribution in [3.8, 4) is 0 Å². The molecule has 0 aliphatic carbocycles. The summed E-state index contributed by atoms with van der Waals surface area (Å²) in [4.78, 5) is 6.83. The van der Waals surface area contributed by atoms with Crippen LogP contribution in [0.4, 0.5) is 0 Å². The van der Waals surface area contributed by atoms with Crippen molar-refractivity contribution in [2.45, 2.75) is 39.2 Å². The second-order valence-electron chi connectivity index (χ2n) is 3.78. The van der Waals surface area contributed by atoms with Crippen LogP contribution < -0.4 is 5.73 Å². The van der Waals surface area contributed by atoms with E-state index < -0.39 is 0 Å². The Morgan fingerprint density at radius 3 is 2.62 bits per heavy atom. The number of nitrogens with zero attached hydrogens (tertiary/aromatic N) is 2. The average molecular weight is 183 g/mol. The Morgan fingerprint density at radius 2 is 2.08 bits per heavy atom. The van der Waals surface area contributed by atoms with Crippen LogP contribution >= 0.6 is 0 Å². The summed E-state index contributed by atoms with van der Waals surface area (Å²) in [5.74, 6) is 0.783. The minimum Gasteiger partial charge on any atom is -0.387 e. The molecule has 0 saturated carbocycles. The molecule has 76 valence electrons. The molecule has 0 aromatic heterocycles. The van der Waals surface area contributed by atoms with Crippen molar-refractivity contribution in [3.63, 3.8) is 0 Å². The first-order valence-corrected chi connectivity index (χ1v) is 5.27. The van der Waals surface area contributed by atoms with E-state index in [2.05, 4.69) is 16.8 Å². The fourth-order valence-electron chi connectivity index (χ4n) is 1.66. The zero-order chi connectivity index (χ0) is 9.68. The van der Waals surface area contributed by atoms with Crippen molar-refractivity contribution >= 4 is 5.84 Å². The van der Waals surface area contributed by atoms with Crippen LogP contribution in [0.25, 0.3) is 0 Å². The van der Waals surface area contributed by atoms with Crippen molar-refractivity contribution in [2.75, 3.05) is 19.6 Å². The predicted molar refractivity (Wildman–Crippen MR) is 57.0 cm³/mol. The molecule has 0 aromatic rings. The summed E-state index contributed by atoms with van der Waals surface area (Å²) >= 11 is 0. The Kier molecular flexibility index (Phi) is 4.22. The zero-order valence-corrected chi connectivity index (χ0v) is 8.79. The lowest BCUT2D eigenvalue weighted by molar-refractivity contribution is 0.265. The van der Waals surface area contributed by atoms with Crippen LogP contribution in [0, 0.1) is 0 Å². The van der Waals surface area contributed by atoms with Crippen LogP contribution in [-0.4, -0.2) is 36.4 Å². The molecule has 1 aliphatic heterocycles. The van der Waals surface area contributed by atoms with Crippen LogP contribution in [0.5, 0.6) is 0 Å². The Morgan fingerprint density at radius 1 is 1.46 bits per heavy atom. The average Bonchev–Trinajstić information content (AvgIpc) is 2.66. The maximum absolute atomic E-state index is 5.65. The van der Waals surface area contributed by atoms with Crippen LogP contribution in [-0.2, 0) is 0 Å². The highest BCUT2D eigenvalue weighted by Crippen LogP contribution is 2.11. The van der Waals surface area contributed by atoms with Gasteiger partial charge in [0.05, 0.1) is 12.4 Å². The molecule has 0 bridgehead atoms. The molecule has 3 heteroatoms. The van der Waals surface area contributed by atoms with Gasteiger partial charge >= 0.3 is 0 Å². The summed E-state index contributed by atoms with van der Waals surface area (Å²) < 4.78 is 0. The van der Waals surface area contributed by atoms with E-state index >= 15 is 0 Å². The first-order chi connectivity index (χ1) is 6.24. The molecule has 1 fully saturated rings. The Balaban J connectivity index is 2.27. The van der Waals surface area contributed by atoms with E-state index in [9.17, 15) is 0 Å². The van der Waals surface area contributed by atoms with Crippen LogP contribution in [0.15, 0.2) is 4.99 Å². The highest BCUT2D eigenvalue weighted by Gasteiger charge is 2.17. The number of hydrogen-bond donors (Lipinski definition) is 1. The summed E-state index contributed by atoms with van der Waals surface area (Å²) in [5.41, 5.74) is 5.65. The van der Waals surface area contributed by atoms with Gasteiger partial charge in [-0.2, -0.15) is 0 Å². The lowest BCUT2D eigenvalue weighted by atomic mass is 10.3. The minimum absolute atomic E-state index is 0.563. The molecule has 0 aromatic carbocycles. The largest absolute Gasteiger partial charge is 0.387 e. The lowest BCUT2D eigenvalue weighted by Gasteiger charge is -2.21. The summed E-state index contributed by atoms with van der Waals surface area (Å²) in [7, 11) is 0. The highest BCUT2D eigenvalue weighted by molar-refractivity contribution is 5.79. The number of nitrogens with two attached hydrogens (primary N) is 1. The van der Waals surface area contributed by atoms with Gasteiger partial charge in [0.2, 0.25) is 0 Å². The molecule has 0 amide bonds. The second kappa shape index (κ2) is 5.22. The second-order valence-corrected chi connectivity index (χ2v) is 3.78. The van der Waals surface area contributed by atoms with Crippen LogP contribution in [0.3, 0.4) is 0 Å². The maximum Gasteiger partial charge on any atom is 0.0934 e. The zero-order valence-electron chi connectivity index (χ0n) is 8.79. The van der Waals surface area contributed by atoms with Gasteiger partial charge in [-0.15, -0.1) is 0 Å². The molecule has 2 N–H and O–H groups in total. The van der Waals surface area contributed by atoms with Crippen LogP contribution in [0.1, 0.15) is 33.1 Å². The fourth-order valence-corrected chi connectivity index (χ4v) is 1.66. The molecule has 1 atom stereocenters. The third-order valence-corrected chi connectivity index (χ3v) is 2.68. The molecule has 1 aliphatic rings. The number of hydrogen-bond acceptors (Lipinski definition) is 2. The molecule has 1 rings (SSSR count). The molecular formula is C10H21N3. The van der Waals surface area contributed by atoms with E-state index in [1.807, 2.05) is 6.92 Å². The van der Waals surface area contributed by atoms with Gasteiger partial charge in [-0.05, 0) is 32.9 Å². The number of likely N-dealkylation sites (tertiary alicyclic amines) is 1. The molecule has 1 saturated heterocycles. The molecule has 1 heterocycles. The van der Waals surface area contributed by atoms with E-state index in [4.69, 9.17) is 5.73 Å². The smallest absolute Gasteiger partial charge is 0.0934 e. The standard InChI is InChI=1S/C10H21N3/c1-3-10(11)12-8-9(2)13-6-4-5-7-13/h9H,3-8H2,1-2H3,(H2,11,12). The van der Waals surface area contributed by atoms with Gasteiger partial charge in [-0.1, -0.05) is 6.92 Å². The third kappa shape index (κ3) is 3.35. The first-order valence-electron chi connectivity index (χ1n) is 5.27. The molecular weight excluding hydrogens is 162 g/mol. The van der Waals surface area contributed by atoms with Crippen molar-refractivity contribution < 1.29 is 0 Å². The summed E-state index contributed by atoms with van der Waals surface area (Å²) in [5, 5.41) is 0. The summed E-state index contributed by atoms with van der Waals surface area (Å²) in [6, 6.07) is 0.563. The van der Waals surface area contributed by atoms with E-state index in [0.717, 1.165) is 18.8 Å². The van der Waals surface area contributed by atoms with Crippen LogP contribution in [0.2, 0.25) is 0 Å². The monoisotopic (exact) mass is 183 g/mol. The molecule has 3 nitrogen and oxygen atoms in total. The quantitative estimate of drug-likeness (QED) is 0.526. The van der Waals surface area contributed by atoms with Crippen molar-refractivity contribution in [2.24, 2.45) is 10.7 Å². The van der Waals surface area contributed by atoms with Gasteiger partial charge in [0.25, 0.3) is 0 Å². The van der Waals surface area contributed by atoms with Crippen molar-refractivity contribution in [1.29, 1.82) is 0 Å². The first kappa shape index (κ1) is 10.5. The SMILES string of the molecule is CCC(N)=NCC(C)N1CCCC1. The Hall–Kier alpha value is -0.570. The van der Waals surface area contributed by atoms with E-state index in [-0.39, 0.29) is 0 Å². The molecule has 13 heavy (non-hydrogen) atoms. The number of aliphatic imine (C=N–C) groups is 1. The normalized spacial score (nSPS) is 22.2. The van der Waals surface area contributed by atoms with Gasteiger partial charge in [0.1, 0.15) is 0 Å². The lowest BCUT2D eigenvalue weighted by Crippen LogP contribution is -2.33. The van der Waals surface area contributed by atoms with Crippen molar-refractivity contribution in [3.05, 3.63) is 0 Å². The summed E-state index contributed by atoms with van der Waals surface area (Å²) in [6.07, 6.45) is 3.56. The number of rotatable bonds is 4. The predicted octanol–water partition coefficient (Wildman–Crippen LogP) is 1.24. The maximum atomic E-state index is 5.65. The van der Waals surface area contributed by atoms with Crippen molar-refractivity contribution in [1.82, 2.24) is 4.90 Å². The Labute approximate surface area is 81.0 Å². The van der Waals surface area contributed by atoms with Gasteiger partial charge < -0.3 is 5.73 Å². The molecule has 0 radical (unpaired) electrons. The Bertz CT molecular complexity index is 171.